The molecule has 4 atom stereocenters. The van der Waals surface area contributed by atoms with E-state index in [4.69, 9.17) is 0 Å². The van der Waals surface area contributed by atoms with Crippen molar-refractivity contribution < 1.29 is 4.79 Å². The maximum absolute atomic E-state index is 12.4. The molecule has 2 aliphatic carbocycles. The van der Waals surface area contributed by atoms with Crippen LogP contribution < -0.4 is 5.32 Å². The van der Waals surface area contributed by atoms with Gasteiger partial charge in [-0.1, -0.05) is 18.2 Å². The molecule has 0 aromatic carbocycles. The number of amidine groups is 1. The number of aliphatic imine (C=N–C) groups is 1. The second kappa shape index (κ2) is 4.83. The van der Waals surface area contributed by atoms with Gasteiger partial charge in [0.1, 0.15) is 4.75 Å². The summed E-state index contributed by atoms with van der Waals surface area (Å²) in [6.07, 6.45) is 8.77. The highest BCUT2D eigenvalue weighted by atomic mass is 32.2. The van der Waals surface area contributed by atoms with Crippen LogP contribution in [-0.2, 0) is 9.54 Å². The zero-order chi connectivity index (χ0) is 14.4. The van der Waals surface area contributed by atoms with E-state index in [0.717, 1.165) is 22.6 Å². The van der Waals surface area contributed by atoms with Crippen molar-refractivity contribution in [3.8, 4) is 0 Å². The number of nitrogens with one attached hydrogen (secondary N) is 1. The number of pyridine rings is 1. The topological polar surface area (TPSA) is 54.4 Å². The maximum atomic E-state index is 12.4. The summed E-state index contributed by atoms with van der Waals surface area (Å²) in [6, 6.07) is 4.32. The second-order valence-electron chi connectivity index (χ2n) is 6.52. The Morgan fingerprint density at radius 3 is 2.76 bits per heavy atom. The molecule has 4 rings (SSSR count). The number of carbonyl (C=O) groups excluding carboxylic acids is 1. The van der Waals surface area contributed by atoms with E-state index >= 15 is 0 Å². The summed E-state index contributed by atoms with van der Waals surface area (Å²) in [5.41, 5.74) is 0.973. The molecular formula is C16H19N3OS. The molecule has 2 bridgehead atoms. The van der Waals surface area contributed by atoms with Gasteiger partial charge in [-0.3, -0.25) is 9.78 Å². The summed E-state index contributed by atoms with van der Waals surface area (Å²) in [4.78, 5) is 20.7. The fourth-order valence-electron chi connectivity index (χ4n) is 3.95. The number of hydrogen-bond donors (Lipinski definition) is 1. The minimum Gasteiger partial charge on any atom is -0.361 e. The summed E-state index contributed by atoms with van der Waals surface area (Å²) < 4.78 is -0.608. The van der Waals surface area contributed by atoms with Crippen molar-refractivity contribution in [2.75, 3.05) is 0 Å². The van der Waals surface area contributed by atoms with Crippen LogP contribution in [0.2, 0.25) is 0 Å². The molecular weight excluding hydrogens is 282 g/mol. The third kappa shape index (κ3) is 2.18. The first-order chi connectivity index (χ1) is 10.1. The molecule has 1 aliphatic heterocycles. The highest BCUT2D eigenvalue weighted by Gasteiger charge is 2.45. The van der Waals surface area contributed by atoms with Crippen LogP contribution in [0.3, 0.4) is 0 Å². The van der Waals surface area contributed by atoms with E-state index in [1.807, 2.05) is 19.1 Å². The highest BCUT2D eigenvalue weighted by Crippen LogP contribution is 2.46. The van der Waals surface area contributed by atoms with Gasteiger partial charge in [-0.2, -0.15) is 4.99 Å². The van der Waals surface area contributed by atoms with E-state index in [2.05, 4.69) is 15.3 Å². The van der Waals surface area contributed by atoms with Gasteiger partial charge >= 0.3 is 0 Å². The van der Waals surface area contributed by atoms with Gasteiger partial charge in [0, 0.05) is 18.4 Å². The predicted molar refractivity (Wildman–Crippen MR) is 84.0 cm³/mol. The number of carbonyl (C=O) groups is 1. The number of nitrogens with zero attached hydrogens (tertiary/aromatic N) is 2. The lowest BCUT2D eigenvalue weighted by Gasteiger charge is -2.25. The van der Waals surface area contributed by atoms with Crippen molar-refractivity contribution in [3.63, 3.8) is 0 Å². The van der Waals surface area contributed by atoms with Gasteiger partial charge in [0.2, 0.25) is 0 Å². The van der Waals surface area contributed by atoms with E-state index < -0.39 is 4.75 Å². The normalized spacial score (nSPS) is 37.9. The molecule has 1 aromatic heterocycles. The summed E-state index contributed by atoms with van der Waals surface area (Å²) >= 11 is 1.55. The van der Waals surface area contributed by atoms with Crippen LogP contribution in [0.25, 0.3) is 0 Å². The molecule has 0 saturated heterocycles. The van der Waals surface area contributed by atoms with E-state index in [0.29, 0.717) is 6.04 Å². The Morgan fingerprint density at radius 1 is 1.29 bits per heavy atom. The molecule has 4 nitrogen and oxygen atoms in total. The minimum absolute atomic E-state index is 0.0654. The smallest absolute Gasteiger partial charge is 0.268 e. The average molecular weight is 301 g/mol. The fraction of sp³-hybridized carbons (Fsp3) is 0.562. The lowest BCUT2D eigenvalue weighted by atomic mass is 9.96. The van der Waals surface area contributed by atoms with E-state index in [-0.39, 0.29) is 5.91 Å². The second-order valence-corrected chi connectivity index (χ2v) is 7.93. The van der Waals surface area contributed by atoms with Crippen LogP contribution in [0.4, 0.5) is 0 Å². The Hall–Kier alpha value is -1.36. The predicted octanol–water partition coefficient (Wildman–Crippen LogP) is 2.70. The Bertz CT molecular complexity index is 603. The quantitative estimate of drug-likeness (QED) is 0.912. The standard InChI is InChI=1S/C16H19N3OS/c1-16(12-4-6-17-7-5-12)14(20)19-15(21-16)18-13-9-10-2-3-11(13)8-10/h4-7,10-11,13H,2-3,8-9H2,1H3,(H,18,19,20). The van der Waals surface area contributed by atoms with Gasteiger partial charge in [-0.05, 0) is 55.7 Å². The summed E-state index contributed by atoms with van der Waals surface area (Å²) in [6.45, 7) is 1.95. The first-order valence-corrected chi connectivity index (χ1v) is 8.46. The summed E-state index contributed by atoms with van der Waals surface area (Å²) in [5.74, 6) is 1.60. The lowest BCUT2D eigenvalue weighted by Crippen LogP contribution is -2.37. The molecule has 3 aliphatic rings. The Kier molecular flexibility index (Phi) is 3.06. The van der Waals surface area contributed by atoms with Gasteiger partial charge in [0.05, 0.1) is 0 Å². The molecule has 110 valence electrons. The molecule has 1 amide bonds. The third-order valence-electron chi connectivity index (χ3n) is 5.19. The fourth-order valence-corrected chi connectivity index (χ4v) is 5.07. The van der Waals surface area contributed by atoms with Crippen LogP contribution in [0, 0.1) is 11.8 Å². The van der Waals surface area contributed by atoms with Crippen molar-refractivity contribution in [2.45, 2.75) is 43.4 Å². The number of fused-ring (bicyclic) bond motifs is 2. The van der Waals surface area contributed by atoms with Crippen molar-refractivity contribution in [1.82, 2.24) is 10.3 Å². The summed E-state index contributed by atoms with van der Waals surface area (Å²) in [7, 11) is 0. The first-order valence-electron chi connectivity index (χ1n) is 7.64. The zero-order valence-corrected chi connectivity index (χ0v) is 12.9. The van der Waals surface area contributed by atoms with Crippen LogP contribution in [-0.4, -0.2) is 22.1 Å². The van der Waals surface area contributed by atoms with Crippen LogP contribution in [0.5, 0.6) is 0 Å². The zero-order valence-electron chi connectivity index (χ0n) is 12.1. The third-order valence-corrected chi connectivity index (χ3v) is 6.41. The molecule has 0 spiro atoms. The van der Waals surface area contributed by atoms with Gasteiger partial charge in [0.25, 0.3) is 5.91 Å². The number of aromatic nitrogens is 1. The number of rotatable bonds is 2. The van der Waals surface area contributed by atoms with Crippen LogP contribution in [0.15, 0.2) is 29.5 Å². The van der Waals surface area contributed by atoms with Crippen LogP contribution >= 0.6 is 11.8 Å². The molecule has 5 heteroatoms. The number of hydrogen-bond acceptors (Lipinski definition) is 4. The molecule has 0 radical (unpaired) electrons. The Labute approximate surface area is 128 Å². The van der Waals surface area contributed by atoms with Gasteiger partial charge in [-0.15, -0.1) is 0 Å². The van der Waals surface area contributed by atoms with Crippen molar-refractivity contribution in [3.05, 3.63) is 30.1 Å². The van der Waals surface area contributed by atoms with Gasteiger partial charge in [0.15, 0.2) is 5.17 Å². The largest absolute Gasteiger partial charge is 0.361 e. The number of thioether (sulfide) groups is 1. The molecule has 2 fully saturated rings. The molecule has 1 aromatic rings. The van der Waals surface area contributed by atoms with E-state index in [9.17, 15) is 4.79 Å². The number of amides is 1. The monoisotopic (exact) mass is 301 g/mol. The Morgan fingerprint density at radius 2 is 2.10 bits per heavy atom. The van der Waals surface area contributed by atoms with Crippen molar-refractivity contribution in [2.24, 2.45) is 16.8 Å². The molecule has 21 heavy (non-hydrogen) atoms. The molecule has 2 heterocycles. The maximum Gasteiger partial charge on any atom is 0.268 e. The van der Waals surface area contributed by atoms with Crippen LogP contribution in [0.1, 0.15) is 38.2 Å². The van der Waals surface area contributed by atoms with Gasteiger partial charge in [-0.25, -0.2) is 0 Å². The van der Waals surface area contributed by atoms with Crippen molar-refractivity contribution in [1.29, 1.82) is 0 Å². The SMILES string of the molecule is CC1(c2ccncc2)SC(NC2CC3CCC2C3)=NC1=O. The van der Waals surface area contributed by atoms with Crippen molar-refractivity contribution >= 4 is 22.8 Å². The minimum atomic E-state index is -0.608. The van der Waals surface area contributed by atoms with E-state index in [1.165, 1.54) is 25.7 Å². The summed E-state index contributed by atoms with van der Waals surface area (Å²) in [5, 5.41) is 4.34. The Balaban J connectivity index is 1.50. The molecule has 2 saturated carbocycles. The lowest BCUT2D eigenvalue weighted by molar-refractivity contribution is -0.119. The first kappa shape index (κ1) is 13.3. The van der Waals surface area contributed by atoms with Gasteiger partial charge < -0.3 is 5.32 Å². The molecule has 4 unspecified atom stereocenters. The highest BCUT2D eigenvalue weighted by molar-refractivity contribution is 8.15. The molecule has 1 N–H and O–H groups in total. The average Bonchev–Trinajstić information content (AvgIpc) is 3.16. The van der Waals surface area contributed by atoms with E-state index in [1.54, 1.807) is 24.2 Å².